The molecule has 2 rings (SSSR count). The van der Waals surface area contributed by atoms with E-state index in [-0.39, 0.29) is 11.8 Å². The maximum absolute atomic E-state index is 10.6. The van der Waals surface area contributed by atoms with Crippen molar-refractivity contribution in [2.45, 2.75) is 26.7 Å². The summed E-state index contributed by atoms with van der Waals surface area (Å²) >= 11 is 0. The van der Waals surface area contributed by atoms with Crippen LogP contribution in [-0.2, 0) is 11.2 Å². The number of benzene rings is 1. The van der Waals surface area contributed by atoms with Gasteiger partial charge in [-0.3, -0.25) is 4.79 Å². The summed E-state index contributed by atoms with van der Waals surface area (Å²) < 4.78 is 0. The molecule has 0 saturated carbocycles. The van der Waals surface area contributed by atoms with Crippen molar-refractivity contribution in [3.8, 4) is 0 Å². The molecule has 0 atom stereocenters. The fraction of sp³-hybridized carbons (Fsp3) is 0.312. The lowest BCUT2D eigenvalue weighted by molar-refractivity contribution is -0.136. The van der Waals surface area contributed by atoms with Crippen molar-refractivity contribution in [2.24, 2.45) is 5.41 Å². The second-order valence-corrected chi connectivity index (χ2v) is 5.36. The molecule has 1 aliphatic carbocycles. The number of allylic oxidation sites excluding steroid dienone is 4. The minimum absolute atomic E-state index is 0.0859. The molecule has 0 heterocycles. The lowest BCUT2D eigenvalue weighted by Gasteiger charge is -2.29. The molecular formula is C16H18O2. The first kappa shape index (κ1) is 12.6. The maximum Gasteiger partial charge on any atom is 0.307 e. The van der Waals surface area contributed by atoms with Crippen molar-refractivity contribution in [3.63, 3.8) is 0 Å². The minimum atomic E-state index is -0.789. The Hall–Kier alpha value is -1.83. The Labute approximate surface area is 108 Å². The number of hydrogen-bond donors (Lipinski definition) is 1. The van der Waals surface area contributed by atoms with Gasteiger partial charge < -0.3 is 5.11 Å². The molecule has 2 heteroatoms. The molecule has 0 aromatic heterocycles. The molecule has 0 amide bonds. The zero-order valence-corrected chi connectivity index (χ0v) is 10.8. The number of hydrogen-bond acceptors (Lipinski definition) is 1. The van der Waals surface area contributed by atoms with Gasteiger partial charge in [-0.1, -0.05) is 56.3 Å². The van der Waals surface area contributed by atoms with Crippen LogP contribution in [0.4, 0.5) is 0 Å². The molecule has 0 radical (unpaired) electrons. The van der Waals surface area contributed by atoms with Crippen LogP contribution in [0, 0.1) is 5.41 Å². The Morgan fingerprint density at radius 1 is 1.28 bits per heavy atom. The van der Waals surface area contributed by atoms with Crippen LogP contribution in [0.25, 0.3) is 5.57 Å². The summed E-state index contributed by atoms with van der Waals surface area (Å²) in [6.45, 7) is 4.46. The van der Waals surface area contributed by atoms with Crippen LogP contribution in [0.3, 0.4) is 0 Å². The van der Waals surface area contributed by atoms with E-state index in [1.807, 2.05) is 24.3 Å². The van der Waals surface area contributed by atoms with E-state index in [1.54, 1.807) is 0 Å². The molecule has 1 N–H and O–H groups in total. The topological polar surface area (TPSA) is 37.3 Å². The van der Waals surface area contributed by atoms with E-state index >= 15 is 0 Å². The average molecular weight is 242 g/mol. The fourth-order valence-electron chi connectivity index (χ4n) is 2.33. The highest BCUT2D eigenvalue weighted by Gasteiger charge is 2.24. The Kier molecular flexibility index (Phi) is 3.37. The third kappa shape index (κ3) is 2.70. The number of rotatable bonds is 3. The first-order chi connectivity index (χ1) is 8.49. The summed E-state index contributed by atoms with van der Waals surface area (Å²) in [5.74, 6) is -0.789. The Bertz CT molecular complexity index is 504. The highest BCUT2D eigenvalue weighted by Crippen LogP contribution is 2.40. The van der Waals surface area contributed by atoms with Gasteiger partial charge in [0.15, 0.2) is 0 Å². The SMILES string of the molecule is CC1(C)CC=CC=C1c1ccc(CC(=O)O)cc1. The zero-order valence-electron chi connectivity index (χ0n) is 10.8. The van der Waals surface area contributed by atoms with E-state index in [0.717, 1.165) is 12.0 Å². The highest BCUT2D eigenvalue weighted by atomic mass is 16.4. The van der Waals surface area contributed by atoms with Crippen molar-refractivity contribution in [3.05, 3.63) is 53.6 Å². The third-order valence-corrected chi connectivity index (χ3v) is 3.38. The van der Waals surface area contributed by atoms with Crippen LogP contribution in [0.5, 0.6) is 0 Å². The molecule has 18 heavy (non-hydrogen) atoms. The van der Waals surface area contributed by atoms with Gasteiger partial charge >= 0.3 is 5.97 Å². The predicted molar refractivity (Wildman–Crippen MR) is 73.3 cm³/mol. The van der Waals surface area contributed by atoms with E-state index < -0.39 is 5.97 Å². The van der Waals surface area contributed by atoms with Gasteiger partial charge in [-0.25, -0.2) is 0 Å². The van der Waals surface area contributed by atoms with Crippen molar-refractivity contribution in [1.82, 2.24) is 0 Å². The summed E-state index contributed by atoms with van der Waals surface area (Å²) in [5, 5.41) is 8.75. The number of carbonyl (C=O) groups is 1. The monoisotopic (exact) mass is 242 g/mol. The maximum atomic E-state index is 10.6. The van der Waals surface area contributed by atoms with Crippen LogP contribution in [0.2, 0.25) is 0 Å². The molecule has 94 valence electrons. The van der Waals surface area contributed by atoms with Gasteiger partial charge in [-0.2, -0.15) is 0 Å². The first-order valence-electron chi connectivity index (χ1n) is 6.17. The Morgan fingerprint density at radius 3 is 2.50 bits per heavy atom. The molecule has 0 spiro atoms. The third-order valence-electron chi connectivity index (χ3n) is 3.38. The zero-order chi connectivity index (χ0) is 13.2. The van der Waals surface area contributed by atoms with E-state index in [0.29, 0.717) is 0 Å². The van der Waals surface area contributed by atoms with Gasteiger partial charge in [0.1, 0.15) is 0 Å². The van der Waals surface area contributed by atoms with Crippen molar-refractivity contribution in [2.75, 3.05) is 0 Å². The Morgan fingerprint density at radius 2 is 1.94 bits per heavy atom. The minimum Gasteiger partial charge on any atom is -0.481 e. The highest BCUT2D eigenvalue weighted by molar-refractivity contribution is 5.74. The smallest absolute Gasteiger partial charge is 0.307 e. The second-order valence-electron chi connectivity index (χ2n) is 5.36. The molecule has 0 saturated heterocycles. The number of carboxylic acid groups (broad SMARTS) is 1. The lowest BCUT2D eigenvalue weighted by atomic mass is 9.75. The van der Waals surface area contributed by atoms with Crippen LogP contribution < -0.4 is 0 Å². The van der Waals surface area contributed by atoms with Gasteiger partial charge in [-0.15, -0.1) is 0 Å². The van der Waals surface area contributed by atoms with Gasteiger partial charge in [0, 0.05) is 0 Å². The van der Waals surface area contributed by atoms with Crippen LogP contribution in [0.1, 0.15) is 31.4 Å². The second kappa shape index (κ2) is 4.81. The summed E-state index contributed by atoms with van der Waals surface area (Å²) in [6, 6.07) is 7.84. The molecule has 0 aliphatic heterocycles. The van der Waals surface area contributed by atoms with Gasteiger partial charge in [0.2, 0.25) is 0 Å². The average Bonchev–Trinajstić information content (AvgIpc) is 2.29. The predicted octanol–water partition coefficient (Wildman–Crippen LogP) is 3.68. The molecule has 1 aromatic carbocycles. The first-order valence-corrected chi connectivity index (χ1v) is 6.17. The van der Waals surface area contributed by atoms with Gasteiger partial charge in [0.05, 0.1) is 6.42 Å². The summed E-state index contributed by atoms with van der Waals surface area (Å²) in [6.07, 6.45) is 7.54. The van der Waals surface area contributed by atoms with Crippen LogP contribution in [0.15, 0.2) is 42.5 Å². The normalized spacial score (nSPS) is 17.3. The van der Waals surface area contributed by atoms with Crippen LogP contribution in [-0.4, -0.2) is 11.1 Å². The molecule has 1 aromatic rings. The Balaban J connectivity index is 2.27. The van der Waals surface area contributed by atoms with Crippen molar-refractivity contribution >= 4 is 11.5 Å². The van der Waals surface area contributed by atoms with Gasteiger partial charge in [-0.05, 0) is 28.5 Å². The fourth-order valence-corrected chi connectivity index (χ4v) is 2.33. The summed E-state index contributed by atoms with van der Waals surface area (Å²) in [5.41, 5.74) is 3.48. The molecule has 0 bridgehead atoms. The number of carboxylic acids is 1. The van der Waals surface area contributed by atoms with E-state index in [2.05, 4.69) is 32.1 Å². The van der Waals surface area contributed by atoms with Crippen molar-refractivity contribution in [1.29, 1.82) is 0 Å². The summed E-state index contributed by atoms with van der Waals surface area (Å²) in [4.78, 5) is 10.6. The van der Waals surface area contributed by atoms with Gasteiger partial charge in [0.25, 0.3) is 0 Å². The molecular weight excluding hydrogens is 224 g/mol. The molecule has 0 fully saturated rings. The van der Waals surface area contributed by atoms with E-state index in [4.69, 9.17) is 5.11 Å². The molecule has 1 aliphatic rings. The summed E-state index contributed by atoms with van der Waals surface area (Å²) in [7, 11) is 0. The van der Waals surface area contributed by atoms with Crippen molar-refractivity contribution < 1.29 is 9.90 Å². The largest absolute Gasteiger partial charge is 0.481 e. The van der Waals surface area contributed by atoms with E-state index in [1.165, 1.54) is 11.1 Å². The standard InChI is InChI=1S/C16H18O2/c1-16(2)10-4-3-5-14(16)13-8-6-12(7-9-13)11-15(17)18/h3-9H,10-11H2,1-2H3,(H,17,18). The van der Waals surface area contributed by atoms with Crippen LogP contribution >= 0.6 is 0 Å². The number of aliphatic carboxylic acids is 1. The molecule has 0 unspecified atom stereocenters. The van der Waals surface area contributed by atoms with E-state index in [9.17, 15) is 4.79 Å². The lowest BCUT2D eigenvalue weighted by Crippen LogP contribution is -2.14. The quantitative estimate of drug-likeness (QED) is 0.877. The molecule has 2 nitrogen and oxygen atoms in total.